The lowest BCUT2D eigenvalue weighted by molar-refractivity contribution is -0.0942. The van der Waals surface area contributed by atoms with Crippen LogP contribution in [0.3, 0.4) is 0 Å². The van der Waals surface area contributed by atoms with E-state index in [1.165, 1.54) is 22.8 Å². The Hall–Kier alpha value is -1.37. The Bertz CT molecular complexity index is 917. The Morgan fingerprint density at radius 3 is 2.39 bits per heavy atom. The number of fused-ring (bicyclic) bond motifs is 1. The van der Waals surface area contributed by atoms with E-state index in [1.54, 1.807) is 6.08 Å². The largest absolute Gasteiger partial charge is 0.412 e. The number of aliphatic hydroxyl groups excluding tert-OH is 1. The van der Waals surface area contributed by atoms with Crippen LogP contribution < -0.4 is 0 Å². The van der Waals surface area contributed by atoms with Crippen LogP contribution in [0.25, 0.3) is 0 Å². The zero-order valence-electron chi connectivity index (χ0n) is 19.8. The molecule has 0 amide bonds. The topological polar surface area (TPSA) is 38.7 Å². The van der Waals surface area contributed by atoms with E-state index in [0.717, 1.165) is 44.5 Å². The van der Waals surface area contributed by atoms with E-state index in [-0.39, 0.29) is 35.9 Å². The fourth-order valence-corrected chi connectivity index (χ4v) is 7.02. The third kappa shape index (κ3) is 4.28. The van der Waals surface area contributed by atoms with Gasteiger partial charge in [0.1, 0.15) is 6.10 Å². The minimum atomic E-state index is -4.28. The predicted octanol–water partition coefficient (Wildman–Crippen LogP) is 6.06. The molecule has 6 heteroatoms. The van der Waals surface area contributed by atoms with Gasteiger partial charge in [0.15, 0.2) is 0 Å². The minimum absolute atomic E-state index is 0.00451. The van der Waals surface area contributed by atoms with Crippen molar-refractivity contribution in [3.8, 4) is 0 Å². The van der Waals surface area contributed by atoms with E-state index in [4.69, 9.17) is 9.47 Å². The Balaban J connectivity index is 1.57. The number of allylic oxidation sites excluding steroid dienone is 3. The number of halogens is 3. The van der Waals surface area contributed by atoms with Gasteiger partial charge < -0.3 is 14.6 Å². The number of hydrogen-bond donors (Lipinski definition) is 1. The molecule has 5 aliphatic rings. The van der Waals surface area contributed by atoms with E-state index in [2.05, 4.69) is 26.8 Å². The summed E-state index contributed by atoms with van der Waals surface area (Å²) >= 11 is 0. The van der Waals surface area contributed by atoms with Crippen molar-refractivity contribution < 1.29 is 27.8 Å². The molecule has 2 heterocycles. The molecule has 2 aliphatic heterocycles. The van der Waals surface area contributed by atoms with Gasteiger partial charge in [0.05, 0.1) is 12.2 Å². The molecule has 0 spiro atoms. The predicted molar refractivity (Wildman–Crippen MR) is 120 cm³/mol. The Labute approximate surface area is 194 Å². The van der Waals surface area contributed by atoms with Gasteiger partial charge in [0.25, 0.3) is 0 Å². The first-order chi connectivity index (χ1) is 15.5. The quantitative estimate of drug-likeness (QED) is 0.540. The Kier molecular flexibility index (Phi) is 5.94. The van der Waals surface area contributed by atoms with Gasteiger partial charge in [0.2, 0.25) is 0 Å². The van der Waals surface area contributed by atoms with Crippen LogP contribution in [0.5, 0.6) is 0 Å². The van der Waals surface area contributed by atoms with Gasteiger partial charge in [-0.25, -0.2) is 0 Å². The third-order valence-corrected chi connectivity index (χ3v) is 8.42. The molecule has 1 saturated carbocycles. The average molecular weight is 465 g/mol. The molecule has 5 unspecified atom stereocenters. The molecule has 0 aromatic heterocycles. The molecule has 0 aromatic carbocycles. The summed E-state index contributed by atoms with van der Waals surface area (Å²) in [6, 6.07) is 0. The van der Waals surface area contributed by atoms with Gasteiger partial charge in [-0.05, 0) is 79.4 Å². The van der Waals surface area contributed by atoms with Crippen LogP contribution in [0.1, 0.15) is 59.3 Å². The summed E-state index contributed by atoms with van der Waals surface area (Å²) in [7, 11) is 0. The molecule has 1 saturated heterocycles. The van der Waals surface area contributed by atoms with Crippen molar-refractivity contribution in [2.75, 3.05) is 13.2 Å². The van der Waals surface area contributed by atoms with Crippen molar-refractivity contribution >= 4 is 0 Å². The third-order valence-electron chi connectivity index (χ3n) is 8.42. The highest BCUT2D eigenvalue weighted by Crippen LogP contribution is 2.56. The highest BCUT2D eigenvalue weighted by atomic mass is 19.4. The second kappa shape index (κ2) is 8.39. The average Bonchev–Trinajstić information content (AvgIpc) is 3.08. The second-order valence-corrected chi connectivity index (χ2v) is 11.3. The van der Waals surface area contributed by atoms with Gasteiger partial charge in [-0.2, -0.15) is 13.2 Å². The zero-order valence-corrected chi connectivity index (χ0v) is 19.8. The minimum Gasteiger partial charge on any atom is -0.392 e. The lowest BCUT2D eigenvalue weighted by Gasteiger charge is -2.49. The van der Waals surface area contributed by atoms with Gasteiger partial charge in [-0.3, -0.25) is 0 Å². The summed E-state index contributed by atoms with van der Waals surface area (Å²) in [6.07, 6.45) is 4.01. The molecule has 0 bridgehead atoms. The monoisotopic (exact) mass is 464 g/mol. The van der Waals surface area contributed by atoms with Crippen molar-refractivity contribution in [1.82, 2.24) is 0 Å². The smallest absolute Gasteiger partial charge is 0.392 e. The summed E-state index contributed by atoms with van der Waals surface area (Å²) in [4.78, 5) is 0. The molecule has 0 radical (unpaired) electrons. The Morgan fingerprint density at radius 1 is 1.03 bits per heavy atom. The van der Waals surface area contributed by atoms with Gasteiger partial charge in [-0.15, -0.1) is 0 Å². The molecule has 2 fully saturated rings. The van der Waals surface area contributed by atoms with Crippen LogP contribution in [0, 0.1) is 23.2 Å². The van der Waals surface area contributed by atoms with Crippen LogP contribution in [0.2, 0.25) is 0 Å². The van der Waals surface area contributed by atoms with E-state index in [9.17, 15) is 18.3 Å². The first kappa shape index (κ1) is 23.4. The van der Waals surface area contributed by atoms with Gasteiger partial charge >= 0.3 is 6.18 Å². The molecule has 1 N–H and O–H groups in total. The first-order valence-electron chi connectivity index (χ1n) is 12.4. The number of aliphatic hydroxyl groups is 1. The standard InChI is InChI=1S/C27H35F3O3/c1-15-20-12-18-13-26(2,3)14-21(31)22(18)23(16-8-10-32-11-9-16)24(20)25(33-15)17-4-6-19(7-5-17)27(28,29)30/h4,6,12,15-16,21-23,25,31H,5,7-11,13-14H2,1-3H3. The number of rotatable bonds is 2. The van der Waals surface area contributed by atoms with Crippen LogP contribution in [-0.4, -0.2) is 42.8 Å². The highest BCUT2D eigenvalue weighted by Gasteiger charge is 2.51. The first-order valence-corrected chi connectivity index (χ1v) is 12.4. The number of ether oxygens (including phenoxy) is 2. The summed E-state index contributed by atoms with van der Waals surface area (Å²) in [5.41, 5.74) is 4.24. The molecule has 3 aliphatic carbocycles. The molecule has 0 aromatic rings. The summed E-state index contributed by atoms with van der Waals surface area (Å²) in [5, 5.41) is 11.4. The molecular formula is C27H35F3O3. The van der Waals surface area contributed by atoms with Crippen LogP contribution in [0.4, 0.5) is 13.2 Å². The number of hydrogen-bond acceptors (Lipinski definition) is 3. The lowest BCUT2D eigenvalue weighted by atomic mass is 9.57. The molecule has 182 valence electrons. The number of alkyl halides is 3. The van der Waals surface area contributed by atoms with Crippen LogP contribution >= 0.6 is 0 Å². The van der Waals surface area contributed by atoms with E-state index < -0.39 is 17.9 Å². The summed E-state index contributed by atoms with van der Waals surface area (Å²) in [5.74, 6) is 0.593. The van der Waals surface area contributed by atoms with E-state index in [0.29, 0.717) is 12.3 Å². The summed E-state index contributed by atoms with van der Waals surface area (Å²) in [6.45, 7) is 7.93. The maximum Gasteiger partial charge on any atom is 0.412 e. The van der Waals surface area contributed by atoms with E-state index >= 15 is 0 Å². The van der Waals surface area contributed by atoms with Crippen molar-refractivity contribution in [3.05, 3.63) is 46.1 Å². The van der Waals surface area contributed by atoms with Crippen molar-refractivity contribution in [2.24, 2.45) is 23.2 Å². The molecular weight excluding hydrogens is 429 g/mol. The van der Waals surface area contributed by atoms with Crippen molar-refractivity contribution in [2.45, 2.75) is 83.8 Å². The van der Waals surface area contributed by atoms with Gasteiger partial charge in [-0.1, -0.05) is 37.6 Å². The van der Waals surface area contributed by atoms with Crippen molar-refractivity contribution in [3.63, 3.8) is 0 Å². The Morgan fingerprint density at radius 2 is 1.76 bits per heavy atom. The molecule has 3 nitrogen and oxygen atoms in total. The molecule has 5 atom stereocenters. The zero-order chi connectivity index (χ0) is 23.5. The fourth-order valence-electron chi connectivity index (χ4n) is 7.02. The molecule has 5 rings (SSSR count). The van der Waals surface area contributed by atoms with Crippen LogP contribution in [0.15, 0.2) is 46.1 Å². The molecule has 33 heavy (non-hydrogen) atoms. The highest BCUT2D eigenvalue weighted by molar-refractivity contribution is 5.50. The van der Waals surface area contributed by atoms with E-state index in [1.807, 2.05) is 0 Å². The normalized spacial score (nSPS) is 37.2. The lowest BCUT2D eigenvalue weighted by Crippen LogP contribution is -2.46. The van der Waals surface area contributed by atoms with Gasteiger partial charge in [0, 0.05) is 24.7 Å². The maximum absolute atomic E-state index is 13.2. The summed E-state index contributed by atoms with van der Waals surface area (Å²) < 4.78 is 51.7. The maximum atomic E-state index is 13.2. The second-order valence-electron chi connectivity index (χ2n) is 11.3. The van der Waals surface area contributed by atoms with Crippen LogP contribution in [-0.2, 0) is 9.47 Å². The fraction of sp³-hybridized carbons (Fsp3) is 0.704. The van der Waals surface area contributed by atoms with Crippen molar-refractivity contribution in [1.29, 1.82) is 0 Å². The SMILES string of the molecule is CC1OC(C2=CC=C(C(F)(F)F)CC2)C2=C1C=C1CC(C)(C)CC(O)C1C2C1CCOCC1.